The number of carbonyl (C=O) groups is 3. The number of anilines is 2. The highest BCUT2D eigenvalue weighted by atomic mass is 16.5. The summed E-state index contributed by atoms with van der Waals surface area (Å²) in [6.45, 7) is 1.51. The van der Waals surface area contributed by atoms with Crippen LogP contribution >= 0.6 is 0 Å². The molecule has 3 rings (SSSR count). The van der Waals surface area contributed by atoms with Gasteiger partial charge in [-0.05, 0) is 19.1 Å². The second-order valence-corrected chi connectivity index (χ2v) is 5.62. The summed E-state index contributed by atoms with van der Waals surface area (Å²) < 4.78 is 20.6. The standard InChI is InChI=1S/C17H18N2O7/c1-9-15(20)18-13-11(5-4-6-12(13)26-9)19-8-25-7-10(16(21)23-2)14(19)17(22)24-3/h4-6,9H,7-8H2,1-3H3,(H,18,20). The minimum absolute atomic E-state index is 0.00753. The summed E-state index contributed by atoms with van der Waals surface area (Å²) in [6.07, 6.45) is -0.642. The van der Waals surface area contributed by atoms with E-state index in [4.69, 9.17) is 18.9 Å². The van der Waals surface area contributed by atoms with Gasteiger partial charge < -0.3 is 29.2 Å². The van der Waals surface area contributed by atoms with Gasteiger partial charge in [0.2, 0.25) is 0 Å². The number of esters is 2. The lowest BCUT2D eigenvalue weighted by atomic mass is 10.1. The van der Waals surface area contributed by atoms with Crippen molar-refractivity contribution in [3.8, 4) is 5.75 Å². The summed E-state index contributed by atoms with van der Waals surface area (Å²) in [5.41, 5.74) is 0.836. The highest BCUT2D eigenvalue weighted by Gasteiger charge is 2.35. The molecule has 1 atom stereocenters. The lowest BCUT2D eigenvalue weighted by Crippen LogP contribution is -2.40. The van der Waals surface area contributed by atoms with E-state index in [1.807, 2.05) is 0 Å². The van der Waals surface area contributed by atoms with Crippen molar-refractivity contribution in [1.82, 2.24) is 0 Å². The number of rotatable bonds is 3. The molecule has 0 spiro atoms. The normalized spacial score (nSPS) is 19.3. The number of benzene rings is 1. The van der Waals surface area contributed by atoms with Crippen molar-refractivity contribution in [2.75, 3.05) is 37.8 Å². The maximum Gasteiger partial charge on any atom is 0.355 e. The van der Waals surface area contributed by atoms with Crippen molar-refractivity contribution >= 4 is 29.2 Å². The van der Waals surface area contributed by atoms with Gasteiger partial charge in [-0.25, -0.2) is 9.59 Å². The van der Waals surface area contributed by atoms with E-state index < -0.39 is 18.0 Å². The molecular weight excluding hydrogens is 344 g/mol. The zero-order valence-electron chi connectivity index (χ0n) is 14.5. The number of nitrogens with zero attached hydrogens (tertiary/aromatic N) is 1. The molecular formula is C17H18N2O7. The number of amides is 1. The van der Waals surface area contributed by atoms with Gasteiger partial charge in [0, 0.05) is 0 Å². The van der Waals surface area contributed by atoms with E-state index in [0.717, 1.165) is 0 Å². The van der Waals surface area contributed by atoms with Crippen LogP contribution in [0, 0.1) is 0 Å². The van der Waals surface area contributed by atoms with Gasteiger partial charge in [0.15, 0.2) is 6.10 Å². The fourth-order valence-electron chi connectivity index (χ4n) is 2.77. The van der Waals surface area contributed by atoms with Crippen LogP contribution in [-0.2, 0) is 28.6 Å². The molecule has 1 aromatic carbocycles. The first-order chi connectivity index (χ1) is 12.5. The molecule has 9 nitrogen and oxygen atoms in total. The van der Waals surface area contributed by atoms with E-state index in [-0.39, 0.29) is 30.5 Å². The summed E-state index contributed by atoms with van der Waals surface area (Å²) >= 11 is 0. The minimum Gasteiger partial charge on any atom is -0.479 e. The van der Waals surface area contributed by atoms with Gasteiger partial charge in [0.1, 0.15) is 23.9 Å². The van der Waals surface area contributed by atoms with Gasteiger partial charge >= 0.3 is 11.9 Å². The number of nitrogens with one attached hydrogen (secondary N) is 1. The van der Waals surface area contributed by atoms with Gasteiger partial charge in [-0.1, -0.05) is 6.07 Å². The SMILES string of the molecule is COC(=O)C1=C(C(=O)OC)N(c2cccc3c2NC(=O)C(C)O3)COC1. The number of para-hydroxylation sites is 1. The Morgan fingerprint density at radius 2 is 1.96 bits per heavy atom. The van der Waals surface area contributed by atoms with Crippen LogP contribution in [0.1, 0.15) is 6.92 Å². The second kappa shape index (κ2) is 7.04. The van der Waals surface area contributed by atoms with Crippen LogP contribution in [0.3, 0.4) is 0 Å². The Balaban J connectivity index is 2.13. The maximum absolute atomic E-state index is 12.4. The predicted octanol–water partition coefficient (Wildman–Crippen LogP) is 0.800. The average molecular weight is 362 g/mol. The molecule has 1 aromatic rings. The van der Waals surface area contributed by atoms with Crippen LogP contribution in [0.15, 0.2) is 29.5 Å². The molecule has 0 aliphatic carbocycles. The predicted molar refractivity (Wildman–Crippen MR) is 89.5 cm³/mol. The summed E-state index contributed by atoms with van der Waals surface area (Å²) in [5.74, 6) is -1.29. The largest absolute Gasteiger partial charge is 0.479 e. The average Bonchev–Trinajstić information content (AvgIpc) is 2.66. The molecule has 26 heavy (non-hydrogen) atoms. The van der Waals surface area contributed by atoms with Crippen LogP contribution in [-0.4, -0.2) is 51.5 Å². The van der Waals surface area contributed by atoms with Crippen LogP contribution < -0.4 is 15.0 Å². The van der Waals surface area contributed by atoms with Crippen molar-refractivity contribution in [1.29, 1.82) is 0 Å². The first-order valence-corrected chi connectivity index (χ1v) is 7.83. The highest BCUT2D eigenvalue weighted by Crippen LogP contribution is 2.40. The first kappa shape index (κ1) is 17.7. The lowest BCUT2D eigenvalue weighted by molar-refractivity contribution is -0.140. The smallest absolute Gasteiger partial charge is 0.355 e. The summed E-state index contributed by atoms with van der Waals surface area (Å²) in [4.78, 5) is 37.9. The Morgan fingerprint density at radius 3 is 2.65 bits per heavy atom. The number of carbonyl (C=O) groups excluding carboxylic acids is 3. The Hall–Kier alpha value is -3.07. The van der Waals surface area contributed by atoms with Gasteiger partial charge in [-0.3, -0.25) is 4.79 Å². The first-order valence-electron chi connectivity index (χ1n) is 7.83. The summed E-state index contributed by atoms with van der Waals surface area (Å²) in [5, 5.41) is 2.76. The third-order valence-electron chi connectivity index (χ3n) is 4.05. The molecule has 0 aromatic heterocycles. The molecule has 1 N–H and O–H groups in total. The molecule has 0 fully saturated rings. The molecule has 0 saturated carbocycles. The molecule has 2 aliphatic rings. The summed E-state index contributed by atoms with van der Waals surface area (Å²) in [6, 6.07) is 5.08. The van der Waals surface area contributed by atoms with Gasteiger partial charge in [0.25, 0.3) is 5.91 Å². The van der Waals surface area contributed by atoms with Crippen molar-refractivity contribution in [3.05, 3.63) is 29.5 Å². The lowest BCUT2D eigenvalue weighted by Gasteiger charge is -2.34. The Labute approximate surface area is 149 Å². The molecule has 138 valence electrons. The molecule has 0 bridgehead atoms. The molecule has 1 amide bonds. The van der Waals surface area contributed by atoms with Gasteiger partial charge in [-0.2, -0.15) is 0 Å². The van der Waals surface area contributed by atoms with Crippen LogP contribution in [0.4, 0.5) is 11.4 Å². The van der Waals surface area contributed by atoms with E-state index >= 15 is 0 Å². The van der Waals surface area contributed by atoms with Crippen LogP contribution in [0.25, 0.3) is 0 Å². The Bertz CT molecular complexity index is 802. The zero-order chi connectivity index (χ0) is 18.8. The molecule has 0 radical (unpaired) electrons. The van der Waals surface area contributed by atoms with Gasteiger partial charge in [0.05, 0.1) is 32.1 Å². The van der Waals surface area contributed by atoms with Crippen LogP contribution in [0.2, 0.25) is 0 Å². The molecule has 9 heteroatoms. The molecule has 0 saturated heterocycles. The van der Waals surface area contributed by atoms with E-state index in [1.54, 1.807) is 25.1 Å². The van der Waals surface area contributed by atoms with Crippen molar-refractivity contribution in [3.63, 3.8) is 0 Å². The van der Waals surface area contributed by atoms with E-state index in [9.17, 15) is 14.4 Å². The van der Waals surface area contributed by atoms with E-state index in [1.165, 1.54) is 19.1 Å². The molecule has 1 unspecified atom stereocenters. The highest BCUT2D eigenvalue weighted by molar-refractivity contribution is 6.06. The van der Waals surface area contributed by atoms with Gasteiger partial charge in [-0.15, -0.1) is 0 Å². The number of methoxy groups -OCH3 is 2. The van der Waals surface area contributed by atoms with Crippen LogP contribution in [0.5, 0.6) is 5.75 Å². The quantitative estimate of drug-likeness (QED) is 0.788. The number of fused-ring (bicyclic) bond motifs is 1. The third kappa shape index (κ3) is 2.97. The fraction of sp³-hybridized carbons (Fsp3) is 0.353. The second-order valence-electron chi connectivity index (χ2n) is 5.62. The molecule has 2 heterocycles. The van der Waals surface area contributed by atoms with E-state index in [0.29, 0.717) is 17.1 Å². The van der Waals surface area contributed by atoms with Crippen molar-refractivity contribution in [2.24, 2.45) is 0 Å². The van der Waals surface area contributed by atoms with Crippen molar-refractivity contribution < 1.29 is 33.3 Å². The Morgan fingerprint density at radius 1 is 1.23 bits per heavy atom. The third-order valence-corrected chi connectivity index (χ3v) is 4.05. The maximum atomic E-state index is 12.4. The number of hydrogen-bond acceptors (Lipinski definition) is 8. The summed E-state index contributed by atoms with van der Waals surface area (Å²) in [7, 11) is 2.42. The minimum atomic E-state index is -0.720. The number of ether oxygens (including phenoxy) is 4. The monoisotopic (exact) mass is 362 g/mol. The Kier molecular flexibility index (Phi) is 4.81. The topological polar surface area (TPSA) is 103 Å². The molecule has 2 aliphatic heterocycles. The van der Waals surface area contributed by atoms with Crippen molar-refractivity contribution in [2.45, 2.75) is 13.0 Å². The number of hydrogen-bond donors (Lipinski definition) is 1. The zero-order valence-corrected chi connectivity index (χ0v) is 14.5. The fourth-order valence-corrected chi connectivity index (χ4v) is 2.77. The van der Waals surface area contributed by atoms with E-state index in [2.05, 4.69) is 5.32 Å².